The molecule has 0 saturated heterocycles. The van der Waals surface area contributed by atoms with Crippen LogP contribution in [0.25, 0.3) is 0 Å². The van der Waals surface area contributed by atoms with E-state index in [0.29, 0.717) is 12.2 Å². The smallest absolute Gasteiger partial charge is 0.238 e. The third kappa shape index (κ3) is 2.71. The molecule has 1 aliphatic rings. The highest BCUT2D eigenvalue weighted by Gasteiger charge is 2.28. The average molecular weight is 289 g/mol. The Bertz CT molecular complexity index is 601. The van der Waals surface area contributed by atoms with Crippen LogP contribution in [-0.2, 0) is 17.8 Å². The highest BCUT2D eigenvalue weighted by Crippen LogP contribution is 2.37. The first-order valence-corrected chi connectivity index (χ1v) is 7.33. The molecule has 0 fully saturated rings. The van der Waals surface area contributed by atoms with Crippen molar-refractivity contribution in [3.05, 3.63) is 42.2 Å². The molecule has 0 saturated carbocycles. The summed E-state index contributed by atoms with van der Waals surface area (Å²) in [4.78, 5) is 13.4. The molecule has 2 heterocycles. The Hall–Kier alpha value is -1.79. The maximum Gasteiger partial charge on any atom is 0.238 e. The number of aliphatic hydroxyl groups is 1. The maximum absolute atomic E-state index is 12.2. The van der Waals surface area contributed by atoms with Gasteiger partial charge in [-0.1, -0.05) is 18.2 Å². The van der Waals surface area contributed by atoms with Gasteiger partial charge in [0.25, 0.3) is 0 Å². The molecule has 5 nitrogen and oxygen atoms in total. The molecule has 1 aromatic heterocycles. The van der Waals surface area contributed by atoms with Gasteiger partial charge >= 0.3 is 0 Å². The van der Waals surface area contributed by atoms with E-state index >= 15 is 0 Å². The lowest BCUT2D eigenvalue weighted by Crippen LogP contribution is -2.24. The van der Waals surface area contributed by atoms with E-state index in [1.165, 1.54) is 10.5 Å². The largest absolute Gasteiger partial charge is 0.394 e. The predicted octanol–water partition coefficient (Wildman–Crippen LogP) is 1.53. The van der Waals surface area contributed by atoms with Crippen LogP contribution >= 0.6 is 11.8 Å². The van der Waals surface area contributed by atoms with Crippen molar-refractivity contribution in [1.29, 1.82) is 0 Å². The highest BCUT2D eigenvalue weighted by molar-refractivity contribution is 8.01. The fraction of sp³-hybridized carbons (Fsp3) is 0.286. The molecule has 20 heavy (non-hydrogen) atoms. The molecule has 0 aliphatic carbocycles. The molecule has 1 aromatic carbocycles. The van der Waals surface area contributed by atoms with Crippen LogP contribution in [0.5, 0.6) is 0 Å². The third-order valence-electron chi connectivity index (χ3n) is 3.17. The first-order chi connectivity index (χ1) is 9.76. The number of anilines is 1. The molecule has 1 amide bonds. The monoisotopic (exact) mass is 289 g/mol. The first kappa shape index (κ1) is 13.2. The molecule has 0 spiro atoms. The van der Waals surface area contributed by atoms with Crippen LogP contribution in [-0.4, -0.2) is 32.7 Å². The summed E-state index contributed by atoms with van der Waals surface area (Å²) in [7, 11) is 0. The van der Waals surface area contributed by atoms with Gasteiger partial charge < -0.3 is 10.4 Å². The second-order valence-corrected chi connectivity index (χ2v) is 5.87. The number of carbonyl (C=O) groups is 1. The van der Waals surface area contributed by atoms with Gasteiger partial charge in [-0.2, -0.15) is 5.10 Å². The Morgan fingerprint density at radius 3 is 3.15 bits per heavy atom. The lowest BCUT2D eigenvalue weighted by Gasteiger charge is -2.07. The lowest BCUT2D eigenvalue weighted by atomic mass is 10.1. The van der Waals surface area contributed by atoms with E-state index < -0.39 is 0 Å². The Morgan fingerprint density at radius 1 is 1.50 bits per heavy atom. The molecule has 6 heteroatoms. The quantitative estimate of drug-likeness (QED) is 0.896. The molecule has 2 aromatic rings. The second-order valence-electron chi connectivity index (χ2n) is 4.62. The molecule has 1 unspecified atom stereocenters. The highest BCUT2D eigenvalue weighted by atomic mass is 32.2. The number of aliphatic hydroxyl groups excluding tert-OH is 1. The Balaban J connectivity index is 1.63. The summed E-state index contributed by atoms with van der Waals surface area (Å²) in [6.45, 7) is 0.461. The van der Waals surface area contributed by atoms with E-state index in [2.05, 4.69) is 16.5 Å². The van der Waals surface area contributed by atoms with Crippen molar-refractivity contribution in [2.24, 2.45) is 0 Å². The number of nitrogens with zero attached hydrogens (tertiary/aromatic N) is 2. The van der Waals surface area contributed by atoms with Gasteiger partial charge in [-0.15, -0.1) is 11.8 Å². The summed E-state index contributed by atoms with van der Waals surface area (Å²) in [5, 5.41) is 15.7. The minimum atomic E-state index is -0.0893. The van der Waals surface area contributed by atoms with E-state index in [4.69, 9.17) is 5.11 Å². The van der Waals surface area contributed by atoms with E-state index in [0.717, 1.165) is 6.42 Å². The van der Waals surface area contributed by atoms with Crippen LogP contribution in [0.15, 0.2) is 41.6 Å². The maximum atomic E-state index is 12.2. The van der Waals surface area contributed by atoms with E-state index in [-0.39, 0.29) is 17.8 Å². The number of carbonyl (C=O) groups excluding carboxylic acids is 1. The van der Waals surface area contributed by atoms with E-state index in [9.17, 15) is 4.79 Å². The van der Waals surface area contributed by atoms with Crippen molar-refractivity contribution in [2.45, 2.75) is 23.1 Å². The number of nitrogens with one attached hydrogen (secondary N) is 1. The topological polar surface area (TPSA) is 67.2 Å². The molecular formula is C14H15N3O2S. The standard InChI is InChI=1S/C14H15N3O2S/c18-6-5-17-9-11(8-15-17)16-14(19)13-7-10-3-1-2-4-12(10)20-13/h1-4,8-9,13,18H,5-7H2,(H,16,19). The van der Waals surface area contributed by atoms with Gasteiger partial charge in [-0.25, -0.2) is 0 Å². The summed E-state index contributed by atoms with van der Waals surface area (Å²) < 4.78 is 1.60. The number of fused-ring (bicyclic) bond motifs is 1. The molecular weight excluding hydrogens is 274 g/mol. The van der Waals surface area contributed by atoms with Gasteiger partial charge in [0.2, 0.25) is 5.91 Å². The van der Waals surface area contributed by atoms with Crippen molar-refractivity contribution in [2.75, 3.05) is 11.9 Å². The third-order valence-corrected chi connectivity index (χ3v) is 4.49. The lowest BCUT2D eigenvalue weighted by molar-refractivity contribution is -0.115. The summed E-state index contributed by atoms with van der Waals surface area (Å²) in [5.41, 5.74) is 1.90. The van der Waals surface area contributed by atoms with Crippen LogP contribution in [0, 0.1) is 0 Å². The normalized spacial score (nSPS) is 16.9. The number of thioether (sulfide) groups is 1. The second kappa shape index (κ2) is 5.68. The van der Waals surface area contributed by atoms with Crippen LogP contribution < -0.4 is 5.32 Å². The number of hydrogen-bond donors (Lipinski definition) is 2. The molecule has 1 aliphatic heterocycles. The van der Waals surface area contributed by atoms with Crippen molar-refractivity contribution in [1.82, 2.24) is 9.78 Å². The van der Waals surface area contributed by atoms with Gasteiger partial charge in [0.05, 0.1) is 30.3 Å². The summed E-state index contributed by atoms with van der Waals surface area (Å²) >= 11 is 1.60. The van der Waals surface area contributed by atoms with E-state index in [1.54, 1.807) is 28.8 Å². The Labute approximate surface area is 121 Å². The van der Waals surface area contributed by atoms with Crippen molar-refractivity contribution < 1.29 is 9.90 Å². The number of benzene rings is 1. The Kier molecular flexibility index (Phi) is 3.75. The van der Waals surface area contributed by atoms with Gasteiger partial charge in [0.15, 0.2) is 0 Å². The summed E-state index contributed by atoms with van der Waals surface area (Å²) in [6.07, 6.45) is 4.08. The molecule has 2 N–H and O–H groups in total. The number of hydrogen-bond acceptors (Lipinski definition) is 4. The molecule has 1 atom stereocenters. The molecule has 3 rings (SSSR count). The number of aromatic nitrogens is 2. The zero-order chi connectivity index (χ0) is 13.9. The van der Waals surface area contributed by atoms with Gasteiger partial charge in [0.1, 0.15) is 0 Å². The van der Waals surface area contributed by atoms with Crippen molar-refractivity contribution in [3.8, 4) is 0 Å². The predicted molar refractivity (Wildman–Crippen MR) is 77.7 cm³/mol. The molecule has 0 bridgehead atoms. The summed E-state index contributed by atoms with van der Waals surface area (Å²) in [6, 6.07) is 8.10. The Morgan fingerprint density at radius 2 is 2.35 bits per heavy atom. The van der Waals surface area contributed by atoms with Crippen molar-refractivity contribution in [3.63, 3.8) is 0 Å². The minimum Gasteiger partial charge on any atom is -0.394 e. The molecule has 0 radical (unpaired) electrons. The zero-order valence-corrected chi connectivity index (χ0v) is 11.6. The zero-order valence-electron chi connectivity index (χ0n) is 10.8. The fourth-order valence-corrected chi connectivity index (χ4v) is 3.40. The minimum absolute atomic E-state index is 0.00486. The molecule has 104 valence electrons. The first-order valence-electron chi connectivity index (χ1n) is 6.45. The average Bonchev–Trinajstić information content (AvgIpc) is 3.05. The summed E-state index contributed by atoms with van der Waals surface area (Å²) in [5.74, 6) is -0.00486. The number of amides is 1. The SMILES string of the molecule is O=C(Nc1cnn(CCO)c1)C1Cc2ccccc2S1. The van der Waals surface area contributed by atoms with Gasteiger partial charge in [-0.05, 0) is 18.1 Å². The van der Waals surface area contributed by atoms with Crippen LogP contribution in [0.1, 0.15) is 5.56 Å². The van der Waals surface area contributed by atoms with Gasteiger partial charge in [-0.3, -0.25) is 9.48 Å². The van der Waals surface area contributed by atoms with Crippen LogP contribution in [0.2, 0.25) is 0 Å². The number of rotatable bonds is 4. The fourth-order valence-electron chi connectivity index (χ4n) is 2.20. The van der Waals surface area contributed by atoms with Crippen LogP contribution in [0.3, 0.4) is 0 Å². The van der Waals surface area contributed by atoms with Crippen molar-refractivity contribution >= 4 is 23.4 Å². The van der Waals surface area contributed by atoms with Gasteiger partial charge in [0, 0.05) is 11.1 Å². The van der Waals surface area contributed by atoms with Crippen LogP contribution in [0.4, 0.5) is 5.69 Å². The van der Waals surface area contributed by atoms with E-state index in [1.807, 2.05) is 18.2 Å².